The quantitative estimate of drug-likeness (QED) is 0.176. The summed E-state index contributed by atoms with van der Waals surface area (Å²) in [5.74, 6) is 3.44. The molecule has 2 aromatic heterocycles. The zero-order chi connectivity index (χ0) is 30.7. The zero-order valence-corrected chi connectivity index (χ0v) is 28.8. The van der Waals surface area contributed by atoms with Crippen molar-refractivity contribution in [2.45, 2.75) is 79.6 Å². The second kappa shape index (κ2) is 14.0. The fourth-order valence-electron chi connectivity index (χ4n) is 7.46. The van der Waals surface area contributed by atoms with Crippen molar-refractivity contribution in [3.05, 3.63) is 124 Å². The van der Waals surface area contributed by atoms with E-state index in [1.54, 1.807) is 11.1 Å². The summed E-state index contributed by atoms with van der Waals surface area (Å²) in [5, 5.41) is 0. The average molecular weight is 607 g/mol. The van der Waals surface area contributed by atoms with E-state index in [9.17, 15) is 0 Å². The second-order valence-corrected chi connectivity index (χ2v) is 15.5. The monoisotopic (exact) mass is 606 g/mol. The summed E-state index contributed by atoms with van der Waals surface area (Å²) in [7, 11) is 0. The number of rotatable bonds is 11. The minimum Gasteiger partial charge on any atom is -0.139 e. The molecule has 2 heteroatoms. The van der Waals surface area contributed by atoms with Gasteiger partial charge in [0.1, 0.15) is 0 Å². The third-order valence-corrected chi connectivity index (χ3v) is 12.7. The Labute approximate surface area is 269 Å². The highest BCUT2D eigenvalue weighted by Gasteiger charge is 2.39. The van der Waals surface area contributed by atoms with Crippen LogP contribution in [0.3, 0.4) is 0 Å². The molecule has 3 aliphatic carbocycles. The summed E-state index contributed by atoms with van der Waals surface area (Å²) < 4.78 is 0. The lowest BCUT2D eigenvalue weighted by atomic mass is 9.75. The van der Waals surface area contributed by atoms with Gasteiger partial charge in [0.05, 0.1) is 0 Å². The highest BCUT2D eigenvalue weighted by atomic mass is 32.1. The van der Waals surface area contributed by atoms with Crippen molar-refractivity contribution in [2.75, 3.05) is 0 Å². The molecular formula is C41H50S2. The lowest BCUT2D eigenvalue weighted by Gasteiger charge is -2.30. The van der Waals surface area contributed by atoms with Crippen LogP contribution in [0.1, 0.15) is 89.3 Å². The van der Waals surface area contributed by atoms with Gasteiger partial charge < -0.3 is 0 Å². The van der Waals surface area contributed by atoms with E-state index in [0.717, 1.165) is 12.8 Å². The molecule has 2 aromatic rings. The van der Waals surface area contributed by atoms with Crippen molar-refractivity contribution >= 4 is 28.2 Å². The van der Waals surface area contributed by atoms with Crippen molar-refractivity contribution < 1.29 is 0 Å². The topological polar surface area (TPSA) is 0 Å². The first-order valence-corrected chi connectivity index (χ1v) is 17.9. The maximum Gasteiger partial charge on any atom is 0.0449 e. The van der Waals surface area contributed by atoms with E-state index < -0.39 is 0 Å². The van der Waals surface area contributed by atoms with Gasteiger partial charge in [-0.15, -0.1) is 22.7 Å². The smallest absolute Gasteiger partial charge is 0.0449 e. The first-order valence-electron chi connectivity index (χ1n) is 16.3. The summed E-state index contributed by atoms with van der Waals surface area (Å²) in [6.45, 7) is 22.7. The van der Waals surface area contributed by atoms with Gasteiger partial charge in [-0.1, -0.05) is 99.3 Å². The van der Waals surface area contributed by atoms with Gasteiger partial charge in [0.25, 0.3) is 0 Å². The fraction of sp³-hybridized carbons (Fsp3) is 0.415. The van der Waals surface area contributed by atoms with Crippen molar-refractivity contribution in [3.8, 4) is 9.75 Å². The van der Waals surface area contributed by atoms with Gasteiger partial charge in [0.15, 0.2) is 0 Å². The molecule has 0 saturated carbocycles. The average Bonchev–Trinajstić information content (AvgIpc) is 3.73. The second-order valence-electron chi connectivity index (χ2n) is 13.3. The first kappa shape index (κ1) is 31.7. The third kappa shape index (κ3) is 7.02. The summed E-state index contributed by atoms with van der Waals surface area (Å²) in [4.78, 5) is 5.56. The van der Waals surface area contributed by atoms with E-state index in [1.807, 2.05) is 22.7 Å². The number of hydrogen-bond donors (Lipinski definition) is 0. The molecule has 0 bridgehead atoms. The normalized spacial score (nSPS) is 24.6. The molecule has 0 aliphatic heterocycles. The summed E-state index contributed by atoms with van der Waals surface area (Å²) >= 11 is 3.88. The molecule has 0 amide bonds. The van der Waals surface area contributed by atoms with Crippen LogP contribution in [-0.4, -0.2) is 0 Å². The van der Waals surface area contributed by atoms with Crippen LogP contribution in [0.5, 0.6) is 0 Å². The molecule has 0 N–H and O–H groups in total. The Bertz CT molecular complexity index is 1520. The highest BCUT2D eigenvalue weighted by molar-refractivity contribution is 7.22. The minimum atomic E-state index is 0.426. The van der Waals surface area contributed by atoms with Crippen molar-refractivity contribution in [3.63, 3.8) is 0 Å². The van der Waals surface area contributed by atoms with E-state index in [-0.39, 0.29) is 0 Å². The van der Waals surface area contributed by atoms with Gasteiger partial charge in [-0.25, -0.2) is 0 Å². The summed E-state index contributed by atoms with van der Waals surface area (Å²) in [6, 6.07) is 9.32. The molecule has 0 radical (unpaired) electrons. The molecule has 5 rings (SSSR count). The van der Waals surface area contributed by atoms with E-state index in [1.165, 1.54) is 61.1 Å². The van der Waals surface area contributed by atoms with Crippen LogP contribution in [0.15, 0.2) is 114 Å². The molecule has 0 aromatic carbocycles. The maximum atomic E-state index is 4.57. The SMILES string of the molecule is C=C(CC(CC1=C(C(C)C)CCC=C1)C(=C)C)c1ccc(-c2ccc(C3C=CC4C(C)=C(/C=C\C=C/C)C(C)C4C3)s2)s1. The molecule has 5 atom stereocenters. The molecule has 0 saturated heterocycles. The van der Waals surface area contributed by atoms with Gasteiger partial charge in [-0.2, -0.15) is 0 Å². The van der Waals surface area contributed by atoms with Crippen LogP contribution in [-0.2, 0) is 0 Å². The van der Waals surface area contributed by atoms with Gasteiger partial charge >= 0.3 is 0 Å². The Morgan fingerprint density at radius 1 is 1.05 bits per heavy atom. The Kier molecular flexibility index (Phi) is 10.3. The van der Waals surface area contributed by atoms with Crippen molar-refractivity contribution in [1.82, 2.24) is 0 Å². The standard InChI is InChI=1S/C41H50S2/c1-9-10-11-16-35-29(7)36-18-17-32(25-37(36)30(35)8)39-20-22-41(43-39)40-21-19-38(42-40)28(6)23-33(26(2)3)24-31-14-12-13-15-34(31)27(4)5/h9-12,14,16-22,27,30,32-33,36-37H,2,6,13,15,23-25H2,1,3-5,7-8H3/b10-9-,16-11-. The van der Waals surface area contributed by atoms with Gasteiger partial charge in [-0.05, 0) is 118 Å². The van der Waals surface area contributed by atoms with Gasteiger partial charge in [0, 0.05) is 31.3 Å². The van der Waals surface area contributed by atoms with E-state index >= 15 is 0 Å². The number of hydrogen-bond acceptors (Lipinski definition) is 2. The summed E-state index contributed by atoms with van der Waals surface area (Å²) in [5.41, 5.74) is 8.77. The first-order chi connectivity index (χ1) is 20.7. The molecular weight excluding hydrogens is 557 g/mol. The van der Waals surface area contributed by atoms with E-state index in [4.69, 9.17) is 0 Å². The summed E-state index contributed by atoms with van der Waals surface area (Å²) in [6.07, 6.45) is 24.2. The van der Waals surface area contributed by atoms with Crippen LogP contribution < -0.4 is 0 Å². The number of thiophene rings is 2. The van der Waals surface area contributed by atoms with E-state index in [0.29, 0.717) is 35.5 Å². The molecule has 43 heavy (non-hydrogen) atoms. The molecule has 226 valence electrons. The lowest BCUT2D eigenvalue weighted by Crippen LogP contribution is -2.20. The lowest BCUT2D eigenvalue weighted by molar-refractivity contribution is 0.331. The molecule has 3 aliphatic rings. The van der Waals surface area contributed by atoms with Crippen LogP contribution in [0, 0.1) is 29.6 Å². The highest BCUT2D eigenvalue weighted by Crippen LogP contribution is 2.51. The predicted molar refractivity (Wildman–Crippen MR) is 194 cm³/mol. The Hall–Kier alpha value is -2.68. The van der Waals surface area contributed by atoms with Crippen molar-refractivity contribution in [2.24, 2.45) is 29.6 Å². The largest absolute Gasteiger partial charge is 0.139 e. The number of fused-ring (bicyclic) bond motifs is 1. The number of allylic oxidation sites excluding steroid dienone is 14. The third-order valence-electron chi connectivity index (χ3n) is 10.1. The molecule has 0 fully saturated rings. The van der Waals surface area contributed by atoms with Crippen molar-refractivity contribution in [1.29, 1.82) is 0 Å². The van der Waals surface area contributed by atoms with Gasteiger partial charge in [-0.3, -0.25) is 0 Å². The Morgan fingerprint density at radius 2 is 1.81 bits per heavy atom. The van der Waals surface area contributed by atoms with Gasteiger partial charge in [0.2, 0.25) is 0 Å². The predicted octanol–water partition coefficient (Wildman–Crippen LogP) is 13.1. The zero-order valence-electron chi connectivity index (χ0n) is 27.2. The molecule has 0 nitrogen and oxygen atoms in total. The minimum absolute atomic E-state index is 0.426. The van der Waals surface area contributed by atoms with Crippen LogP contribution in [0.2, 0.25) is 0 Å². The molecule has 2 heterocycles. The van der Waals surface area contributed by atoms with Crippen LogP contribution in [0.25, 0.3) is 15.3 Å². The van der Waals surface area contributed by atoms with Crippen LogP contribution >= 0.6 is 22.7 Å². The molecule has 5 unspecified atom stereocenters. The fourth-order valence-corrected chi connectivity index (χ4v) is 9.64. The van der Waals surface area contributed by atoms with E-state index in [2.05, 4.69) is 128 Å². The maximum absolute atomic E-state index is 4.57. The Balaban J connectivity index is 1.25. The molecule has 0 spiro atoms. The van der Waals surface area contributed by atoms with Crippen LogP contribution in [0.4, 0.5) is 0 Å². The Morgan fingerprint density at radius 3 is 2.56 bits per heavy atom.